The summed E-state index contributed by atoms with van der Waals surface area (Å²) >= 11 is 0. The van der Waals surface area contributed by atoms with Crippen LogP contribution in [0.3, 0.4) is 0 Å². The number of carbonyl (C=O) groups is 3. The van der Waals surface area contributed by atoms with Crippen LogP contribution in [0.15, 0.2) is 11.1 Å². The monoisotopic (exact) mass is 310 g/mol. The molecule has 0 aromatic rings. The Bertz CT molecular complexity index is 564. The Hall–Kier alpha value is -1.73. The summed E-state index contributed by atoms with van der Waals surface area (Å²) in [5.74, 6) is -1.76. The van der Waals surface area contributed by atoms with Gasteiger partial charge in [-0.05, 0) is 18.1 Å². The molecule has 2 fully saturated rings. The topological polar surface area (TPSA) is 88.1 Å². The second-order valence-electron chi connectivity index (χ2n) is 5.80. The van der Waals surface area contributed by atoms with Crippen molar-refractivity contribution in [1.29, 1.82) is 0 Å². The van der Waals surface area contributed by atoms with Crippen LogP contribution in [0.2, 0.25) is 0 Å². The molecular formula is C15H18O7. The van der Waals surface area contributed by atoms with Crippen molar-refractivity contribution in [1.82, 2.24) is 0 Å². The smallest absolute Gasteiger partial charge is 0.303 e. The van der Waals surface area contributed by atoms with E-state index in [1.807, 2.05) is 0 Å². The van der Waals surface area contributed by atoms with Crippen LogP contribution in [0.5, 0.6) is 0 Å². The normalized spacial score (nSPS) is 36.3. The molecule has 0 N–H and O–H groups in total. The molecule has 2 saturated heterocycles. The number of carbonyl (C=O) groups excluding carboxylic acids is 3. The van der Waals surface area contributed by atoms with Crippen LogP contribution < -0.4 is 0 Å². The fourth-order valence-corrected chi connectivity index (χ4v) is 3.48. The summed E-state index contributed by atoms with van der Waals surface area (Å²) in [6, 6.07) is 0. The molecule has 2 heterocycles. The minimum Gasteiger partial charge on any atom is -0.463 e. The van der Waals surface area contributed by atoms with Gasteiger partial charge in [0, 0.05) is 19.8 Å². The highest BCUT2D eigenvalue weighted by Crippen LogP contribution is 2.49. The van der Waals surface area contributed by atoms with Gasteiger partial charge >= 0.3 is 11.9 Å². The summed E-state index contributed by atoms with van der Waals surface area (Å²) in [5, 5.41) is 0. The van der Waals surface area contributed by atoms with Crippen molar-refractivity contribution in [2.45, 2.75) is 39.3 Å². The predicted octanol–water partition coefficient (Wildman–Crippen LogP) is 0.368. The van der Waals surface area contributed by atoms with Crippen molar-refractivity contribution < 1.29 is 33.3 Å². The summed E-state index contributed by atoms with van der Waals surface area (Å²) in [6.45, 7) is 4.58. The summed E-state index contributed by atoms with van der Waals surface area (Å²) in [7, 11) is 0. The van der Waals surface area contributed by atoms with Gasteiger partial charge in [0.2, 0.25) is 0 Å². The molecule has 0 radical (unpaired) electrons. The van der Waals surface area contributed by atoms with Gasteiger partial charge in [0.1, 0.15) is 18.8 Å². The zero-order valence-corrected chi connectivity index (χ0v) is 12.7. The van der Waals surface area contributed by atoms with Gasteiger partial charge in [-0.25, -0.2) is 0 Å². The minimum absolute atomic E-state index is 0.0457. The van der Waals surface area contributed by atoms with Crippen LogP contribution >= 0.6 is 0 Å². The molecular weight excluding hydrogens is 292 g/mol. The Kier molecular flexibility index (Phi) is 3.78. The van der Waals surface area contributed by atoms with Crippen molar-refractivity contribution >= 4 is 17.7 Å². The maximum Gasteiger partial charge on any atom is 0.303 e. The Morgan fingerprint density at radius 2 is 1.95 bits per heavy atom. The van der Waals surface area contributed by atoms with E-state index in [0.29, 0.717) is 12.2 Å². The van der Waals surface area contributed by atoms with E-state index in [2.05, 4.69) is 0 Å². The third kappa shape index (κ3) is 2.34. The van der Waals surface area contributed by atoms with Crippen molar-refractivity contribution in [2.75, 3.05) is 13.2 Å². The Morgan fingerprint density at radius 3 is 2.59 bits per heavy atom. The molecule has 120 valence electrons. The molecule has 1 aliphatic carbocycles. The molecule has 0 amide bonds. The average Bonchev–Trinajstić information content (AvgIpc) is 2.95. The molecule has 0 saturated carbocycles. The molecule has 0 aromatic carbocycles. The number of hydrogen-bond acceptors (Lipinski definition) is 7. The van der Waals surface area contributed by atoms with E-state index in [4.69, 9.17) is 18.9 Å². The van der Waals surface area contributed by atoms with Crippen LogP contribution in [-0.2, 0) is 33.3 Å². The molecule has 0 spiro atoms. The van der Waals surface area contributed by atoms with Gasteiger partial charge in [0.15, 0.2) is 12.1 Å². The molecule has 0 aromatic heterocycles. The number of esters is 2. The number of rotatable bonds is 3. The van der Waals surface area contributed by atoms with Crippen LogP contribution in [0.4, 0.5) is 0 Å². The molecule has 22 heavy (non-hydrogen) atoms. The van der Waals surface area contributed by atoms with Gasteiger partial charge in [-0.3, -0.25) is 14.4 Å². The molecule has 0 bridgehead atoms. The number of hydrogen-bond donors (Lipinski definition) is 0. The quantitative estimate of drug-likeness (QED) is 0.696. The lowest BCUT2D eigenvalue weighted by molar-refractivity contribution is -0.247. The Balaban J connectivity index is 1.89. The van der Waals surface area contributed by atoms with Crippen molar-refractivity contribution in [3.63, 3.8) is 0 Å². The van der Waals surface area contributed by atoms with E-state index in [9.17, 15) is 14.4 Å². The molecule has 3 rings (SSSR count). The summed E-state index contributed by atoms with van der Waals surface area (Å²) in [4.78, 5) is 35.0. The number of allylic oxidation sites excluding steroid dienone is 1. The zero-order valence-electron chi connectivity index (χ0n) is 12.7. The first-order chi connectivity index (χ1) is 10.4. The van der Waals surface area contributed by atoms with Crippen LogP contribution in [0.1, 0.15) is 20.8 Å². The summed E-state index contributed by atoms with van der Waals surface area (Å²) in [5.41, 5.74) is 1.58. The highest BCUT2D eigenvalue weighted by atomic mass is 16.7. The first-order valence-corrected chi connectivity index (χ1v) is 7.21. The molecule has 7 nitrogen and oxygen atoms in total. The van der Waals surface area contributed by atoms with Crippen LogP contribution in [0.25, 0.3) is 0 Å². The lowest BCUT2D eigenvalue weighted by atomic mass is 9.82. The highest BCUT2D eigenvalue weighted by molar-refractivity contribution is 6.01. The first kappa shape index (κ1) is 15.2. The fraction of sp³-hybridized carbons (Fsp3) is 0.667. The predicted molar refractivity (Wildman–Crippen MR) is 71.5 cm³/mol. The van der Waals surface area contributed by atoms with Crippen molar-refractivity contribution in [3.05, 3.63) is 11.1 Å². The van der Waals surface area contributed by atoms with Gasteiger partial charge in [0.25, 0.3) is 0 Å². The van der Waals surface area contributed by atoms with Crippen LogP contribution in [-0.4, -0.2) is 49.4 Å². The maximum atomic E-state index is 12.5. The van der Waals surface area contributed by atoms with Gasteiger partial charge in [-0.1, -0.05) is 0 Å². The largest absolute Gasteiger partial charge is 0.463 e. The number of Topliss-reactive ketones (excluding diaryl/α,β-unsaturated/α-hetero) is 1. The van der Waals surface area contributed by atoms with Crippen LogP contribution in [0, 0.1) is 11.8 Å². The maximum absolute atomic E-state index is 12.5. The average molecular weight is 310 g/mol. The first-order valence-electron chi connectivity index (χ1n) is 7.21. The van der Waals surface area contributed by atoms with Gasteiger partial charge < -0.3 is 18.9 Å². The van der Waals surface area contributed by atoms with Crippen molar-refractivity contribution in [3.8, 4) is 0 Å². The van der Waals surface area contributed by atoms with Gasteiger partial charge in [0.05, 0.1) is 12.5 Å². The third-order valence-corrected chi connectivity index (χ3v) is 4.42. The minimum atomic E-state index is -0.778. The van der Waals surface area contributed by atoms with E-state index in [-0.39, 0.29) is 18.3 Å². The van der Waals surface area contributed by atoms with Gasteiger partial charge in [-0.15, -0.1) is 0 Å². The van der Waals surface area contributed by atoms with E-state index >= 15 is 0 Å². The lowest BCUT2D eigenvalue weighted by Gasteiger charge is -2.40. The molecule has 5 atom stereocenters. The molecule has 0 unspecified atom stereocenters. The second kappa shape index (κ2) is 5.48. The third-order valence-electron chi connectivity index (χ3n) is 4.42. The molecule has 2 aliphatic heterocycles. The van der Waals surface area contributed by atoms with Crippen molar-refractivity contribution in [2.24, 2.45) is 11.8 Å². The van der Waals surface area contributed by atoms with Gasteiger partial charge in [-0.2, -0.15) is 0 Å². The lowest BCUT2D eigenvalue weighted by Crippen LogP contribution is -2.54. The second-order valence-corrected chi connectivity index (χ2v) is 5.80. The van der Waals surface area contributed by atoms with E-state index in [0.717, 1.165) is 5.57 Å². The fourth-order valence-electron chi connectivity index (χ4n) is 3.48. The van der Waals surface area contributed by atoms with E-state index in [1.54, 1.807) is 6.92 Å². The molecule has 3 aliphatic rings. The summed E-state index contributed by atoms with van der Waals surface area (Å²) < 4.78 is 21.7. The Morgan fingerprint density at radius 1 is 1.23 bits per heavy atom. The SMILES string of the molecule is CC(=O)OC[C@H]1O[C@@H]2OCC3=C(C)C(=O)[C@H]([C@@H]1OC(C)=O)[C@@H]32. The number of ketones is 1. The highest BCUT2D eigenvalue weighted by Gasteiger charge is 2.59. The number of ether oxygens (including phenoxy) is 4. The Labute approximate surface area is 127 Å². The summed E-state index contributed by atoms with van der Waals surface area (Å²) in [6.07, 6.45) is -2.05. The standard InChI is InChI=1S/C15H18O7/c1-6-9-4-20-15-11(9)12(13(6)18)14(21-8(3)17)10(22-15)5-19-7(2)16/h10-12,14-15H,4-5H2,1-3H3/t10-,11-,12-,14-,15+/m1/s1. The zero-order chi connectivity index (χ0) is 16.0. The van der Waals surface area contributed by atoms with E-state index < -0.39 is 36.4 Å². The van der Waals surface area contributed by atoms with E-state index in [1.165, 1.54) is 13.8 Å². The molecule has 7 heteroatoms.